The molecule has 5 heteroatoms. The fraction of sp³-hybridized carbons (Fsp3) is 0.333. The Hall–Kier alpha value is -1.06. The van der Waals surface area contributed by atoms with E-state index < -0.39 is 0 Å². The summed E-state index contributed by atoms with van der Waals surface area (Å²) in [7, 11) is 0. The Morgan fingerprint density at radius 1 is 1.41 bits per heavy atom. The van der Waals surface area contributed by atoms with Gasteiger partial charge in [-0.15, -0.1) is 11.6 Å². The quantitative estimate of drug-likeness (QED) is 0.676. The smallest absolute Gasteiger partial charge is 0.228 e. The Kier molecular flexibility index (Phi) is 3.69. The van der Waals surface area contributed by atoms with Crippen LogP contribution in [-0.4, -0.2) is 17.6 Å². The zero-order valence-corrected chi connectivity index (χ0v) is 10.6. The number of Topliss-reactive ketones (excluding diaryl/α,β-unsaturated/α-hetero) is 1. The molecule has 0 saturated carbocycles. The second-order valence-corrected chi connectivity index (χ2v) is 4.72. The molecule has 1 N–H and O–H groups in total. The van der Waals surface area contributed by atoms with Crippen molar-refractivity contribution in [2.75, 3.05) is 11.2 Å². The van der Waals surface area contributed by atoms with Crippen molar-refractivity contribution in [1.82, 2.24) is 0 Å². The van der Waals surface area contributed by atoms with Gasteiger partial charge < -0.3 is 5.32 Å². The van der Waals surface area contributed by atoms with Crippen LogP contribution in [0.25, 0.3) is 0 Å². The minimum atomic E-state index is -0.0681. The Bertz CT molecular complexity index is 486. The fourth-order valence-corrected chi connectivity index (χ4v) is 2.23. The van der Waals surface area contributed by atoms with Gasteiger partial charge in [-0.1, -0.05) is 11.6 Å². The van der Waals surface area contributed by atoms with Crippen LogP contribution in [0.1, 0.15) is 28.8 Å². The molecule has 1 aromatic carbocycles. The van der Waals surface area contributed by atoms with Crippen molar-refractivity contribution in [2.24, 2.45) is 0 Å². The van der Waals surface area contributed by atoms with E-state index in [1.54, 1.807) is 12.1 Å². The average Bonchev–Trinajstić information content (AvgIpc) is 2.64. The molecule has 0 atom stereocenters. The maximum atomic E-state index is 11.9. The van der Waals surface area contributed by atoms with Gasteiger partial charge in [-0.05, 0) is 24.1 Å². The molecule has 0 bridgehead atoms. The highest BCUT2D eigenvalue weighted by Gasteiger charge is 2.21. The summed E-state index contributed by atoms with van der Waals surface area (Å²) in [5, 5.41) is 3.07. The molecule has 1 aliphatic rings. The van der Waals surface area contributed by atoms with Crippen LogP contribution in [0.2, 0.25) is 5.02 Å². The molecule has 0 aromatic heterocycles. The minimum absolute atomic E-state index is 0.0298. The first-order valence-corrected chi connectivity index (χ1v) is 6.24. The van der Waals surface area contributed by atoms with Crippen LogP contribution in [0, 0.1) is 0 Å². The van der Waals surface area contributed by atoms with Gasteiger partial charge in [0.25, 0.3) is 0 Å². The van der Waals surface area contributed by atoms with Crippen molar-refractivity contribution < 1.29 is 9.59 Å². The van der Waals surface area contributed by atoms with Crippen LogP contribution in [0.15, 0.2) is 12.1 Å². The number of nitrogens with one attached hydrogen (secondary N) is 1. The highest BCUT2D eigenvalue weighted by atomic mass is 35.5. The SMILES string of the molecule is O=C1Cc2cc(C(=O)CCCCl)c(Cl)cc2N1. The van der Waals surface area contributed by atoms with Crippen LogP contribution < -0.4 is 5.32 Å². The highest BCUT2D eigenvalue weighted by molar-refractivity contribution is 6.34. The van der Waals surface area contributed by atoms with Crippen molar-refractivity contribution in [1.29, 1.82) is 0 Å². The zero-order valence-electron chi connectivity index (χ0n) is 9.06. The second kappa shape index (κ2) is 5.07. The number of carbonyl (C=O) groups excluding carboxylic acids is 2. The molecule has 3 nitrogen and oxygen atoms in total. The summed E-state index contributed by atoms with van der Waals surface area (Å²) in [5.41, 5.74) is 2.01. The van der Waals surface area contributed by atoms with Crippen molar-refractivity contribution in [3.05, 3.63) is 28.3 Å². The number of alkyl halides is 1. The van der Waals surface area contributed by atoms with Crippen LogP contribution in [0.5, 0.6) is 0 Å². The van der Waals surface area contributed by atoms with Gasteiger partial charge in [0, 0.05) is 23.6 Å². The van der Waals surface area contributed by atoms with Gasteiger partial charge >= 0.3 is 0 Å². The average molecular weight is 272 g/mol. The molecule has 0 radical (unpaired) electrons. The van der Waals surface area contributed by atoms with E-state index in [1.807, 2.05) is 0 Å². The Labute approximate surface area is 109 Å². The van der Waals surface area contributed by atoms with Gasteiger partial charge in [0.2, 0.25) is 5.91 Å². The molecule has 1 heterocycles. The van der Waals surface area contributed by atoms with Crippen molar-refractivity contribution in [3.63, 3.8) is 0 Å². The van der Waals surface area contributed by atoms with E-state index in [2.05, 4.69) is 5.32 Å². The normalized spacial score (nSPS) is 13.4. The zero-order chi connectivity index (χ0) is 12.4. The standard InChI is InChI=1S/C12H11Cl2NO2/c13-3-1-2-11(16)8-4-7-5-12(17)15-10(7)6-9(8)14/h4,6H,1-3,5H2,(H,15,17). The predicted octanol–water partition coefficient (Wildman–Crippen LogP) is 3.04. The molecular formula is C12H11Cl2NO2. The number of hydrogen-bond donors (Lipinski definition) is 1. The van der Waals surface area contributed by atoms with Crippen LogP contribution >= 0.6 is 23.2 Å². The molecule has 2 rings (SSSR count). The predicted molar refractivity (Wildman–Crippen MR) is 68.1 cm³/mol. The van der Waals surface area contributed by atoms with E-state index >= 15 is 0 Å². The number of halogens is 2. The minimum Gasteiger partial charge on any atom is -0.325 e. The summed E-state index contributed by atoms with van der Waals surface area (Å²) in [5.74, 6) is 0.355. The molecule has 17 heavy (non-hydrogen) atoms. The summed E-state index contributed by atoms with van der Waals surface area (Å²) in [6.07, 6.45) is 1.32. The molecule has 1 aliphatic heterocycles. The first kappa shape index (κ1) is 12.4. The molecule has 0 fully saturated rings. The van der Waals surface area contributed by atoms with Gasteiger partial charge in [-0.2, -0.15) is 0 Å². The van der Waals surface area contributed by atoms with E-state index in [9.17, 15) is 9.59 Å². The number of rotatable bonds is 4. The first-order chi connectivity index (χ1) is 8.11. The lowest BCUT2D eigenvalue weighted by atomic mass is 10.0. The fourth-order valence-electron chi connectivity index (χ4n) is 1.82. The monoisotopic (exact) mass is 271 g/mol. The summed E-state index contributed by atoms with van der Waals surface area (Å²) in [6, 6.07) is 3.34. The summed E-state index contributed by atoms with van der Waals surface area (Å²) < 4.78 is 0. The molecule has 0 spiro atoms. The van der Waals surface area contributed by atoms with Crippen LogP contribution in [0.3, 0.4) is 0 Å². The van der Waals surface area contributed by atoms with Crippen LogP contribution in [-0.2, 0) is 11.2 Å². The number of carbonyl (C=O) groups is 2. The Morgan fingerprint density at radius 3 is 2.88 bits per heavy atom. The van der Waals surface area contributed by atoms with Crippen LogP contribution in [0.4, 0.5) is 5.69 Å². The van der Waals surface area contributed by atoms with Gasteiger partial charge in [0.1, 0.15) is 0 Å². The number of anilines is 1. The Morgan fingerprint density at radius 2 is 2.18 bits per heavy atom. The largest absolute Gasteiger partial charge is 0.325 e. The molecule has 1 amide bonds. The Balaban J connectivity index is 2.27. The highest BCUT2D eigenvalue weighted by Crippen LogP contribution is 2.30. The van der Waals surface area contributed by atoms with E-state index in [0.29, 0.717) is 41.4 Å². The molecule has 0 saturated heterocycles. The third-order valence-corrected chi connectivity index (χ3v) is 3.24. The molecular weight excluding hydrogens is 261 g/mol. The van der Waals surface area contributed by atoms with E-state index in [0.717, 1.165) is 5.56 Å². The lowest BCUT2D eigenvalue weighted by molar-refractivity contribution is -0.115. The number of amides is 1. The summed E-state index contributed by atoms with van der Waals surface area (Å²) in [4.78, 5) is 23.1. The molecule has 1 aromatic rings. The third kappa shape index (κ3) is 2.61. The summed E-state index contributed by atoms with van der Waals surface area (Å²) in [6.45, 7) is 0. The van der Waals surface area contributed by atoms with Gasteiger partial charge in [0.15, 0.2) is 5.78 Å². The third-order valence-electron chi connectivity index (χ3n) is 2.66. The van der Waals surface area contributed by atoms with E-state index in [-0.39, 0.29) is 11.7 Å². The maximum absolute atomic E-state index is 11.9. The second-order valence-electron chi connectivity index (χ2n) is 3.93. The van der Waals surface area contributed by atoms with E-state index in [4.69, 9.17) is 23.2 Å². The number of ketones is 1. The number of fused-ring (bicyclic) bond motifs is 1. The van der Waals surface area contributed by atoms with E-state index in [1.165, 1.54) is 0 Å². The summed E-state index contributed by atoms with van der Waals surface area (Å²) >= 11 is 11.6. The lowest BCUT2D eigenvalue weighted by Gasteiger charge is -2.06. The van der Waals surface area contributed by atoms with Gasteiger partial charge in [-0.25, -0.2) is 0 Å². The number of benzene rings is 1. The first-order valence-electron chi connectivity index (χ1n) is 5.33. The van der Waals surface area contributed by atoms with Crippen molar-refractivity contribution in [3.8, 4) is 0 Å². The molecule has 0 aliphatic carbocycles. The maximum Gasteiger partial charge on any atom is 0.228 e. The molecule has 90 valence electrons. The molecule has 0 unspecified atom stereocenters. The van der Waals surface area contributed by atoms with Gasteiger partial charge in [-0.3, -0.25) is 9.59 Å². The van der Waals surface area contributed by atoms with Crippen molar-refractivity contribution >= 4 is 40.6 Å². The van der Waals surface area contributed by atoms with Gasteiger partial charge in [0.05, 0.1) is 11.4 Å². The number of hydrogen-bond acceptors (Lipinski definition) is 2. The van der Waals surface area contributed by atoms with Crippen molar-refractivity contribution in [2.45, 2.75) is 19.3 Å². The lowest BCUT2D eigenvalue weighted by Crippen LogP contribution is -2.03. The topological polar surface area (TPSA) is 46.2 Å².